The number of nitrogens with zero attached hydrogens (tertiary/aromatic N) is 5. The topological polar surface area (TPSA) is 90.7 Å². The van der Waals surface area contributed by atoms with Gasteiger partial charge < -0.3 is 15.1 Å². The van der Waals surface area contributed by atoms with Crippen LogP contribution in [0.2, 0.25) is 0 Å². The van der Waals surface area contributed by atoms with Gasteiger partial charge in [-0.05, 0) is 19.1 Å². The summed E-state index contributed by atoms with van der Waals surface area (Å²) in [7, 11) is 1.64. The summed E-state index contributed by atoms with van der Waals surface area (Å²) in [4.78, 5) is 15.0. The van der Waals surface area contributed by atoms with E-state index in [4.69, 9.17) is 20.6 Å². The van der Waals surface area contributed by atoms with E-state index in [1.807, 2.05) is 72.3 Å². The minimum absolute atomic E-state index is 0.456. The molecule has 0 radical (unpaired) electrons. The van der Waals surface area contributed by atoms with Crippen LogP contribution in [0, 0.1) is 6.92 Å². The molecule has 2 aromatic heterocycles. The summed E-state index contributed by atoms with van der Waals surface area (Å²) in [5.74, 6) is 6.45. The summed E-state index contributed by atoms with van der Waals surface area (Å²) >= 11 is 1.65. The second-order valence-corrected chi connectivity index (χ2v) is 9.40. The van der Waals surface area contributed by atoms with Crippen molar-refractivity contribution in [3.63, 3.8) is 0 Å². The summed E-state index contributed by atoms with van der Waals surface area (Å²) < 4.78 is 7.55. The van der Waals surface area contributed by atoms with Gasteiger partial charge in [0.15, 0.2) is 0 Å². The van der Waals surface area contributed by atoms with Crippen molar-refractivity contribution in [2.45, 2.75) is 13.5 Å². The average Bonchev–Trinajstić information content (AvgIpc) is 3.58. The van der Waals surface area contributed by atoms with Crippen molar-refractivity contribution < 1.29 is 4.74 Å². The van der Waals surface area contributed by atoms with E-state index in [0.717, 1.165) is 43.7 Å². The lowest BCUT2D eigenvalue weighted by Crippen LogP contribution is -2.07. The lowest BCUT2D eigenvalue weighted by molar-refractivity contribution is 0.413. The summed E-state index contributed by atoms with van der Waals surface area (Å²) in [5, 5.41) is 4.95. The predicted molar refractivity (Wildman–Crippen MR) is 151 cm³/mol. The molecule has 0 saturated carbocycles. The first-order valence-electron chi connectivity index (χ1n) is 11.7. The fraction of sp³-hybridized carbons (Fsp3) is 0.103. The van der Waals surface area contributed by atoms with Crippen molar-refractivity contribution in [3.05, 3.63) is 108 Å². The fourth-order valence-electron chi connectivity index (χ4n) is 3.99. The molecule has 5 aromatic rings. The van der Waals surface area contributed by atoms with Gasteiger partial charge in [0.05, 0.1) is 41.9 Å². The molecule has 0 atom stereocenters. The third kappa shape index (κ3) is 5.34. The first kappa shape index (κ1) is 24.1. The highest BCUT2D eigenvalue weighted by atomic mass is 32.1. The molecule has 2 heterocycles. The number of nitrogens with two attached hydrogens (primary N) is 1. The predicted octanol–water partition coefficient (Wildman–Crippen LogP) is 5.91. The zero-order chi connectivity index (χ0) is 25.6. The zero-order valence-corrected chi connectivity index (χ0v) is 21.4. The molecular formula is C29H26N6OS. The Labute approximate surface area is 219 Å². The van der Waals surface area contributed by atoms with E-state index in [1.165, 1.54) is 0 Å². The Morgan fingerprint density at radius 3 is 2.41 bits per heavy atom. The quantitative estimate of drug-likeness (QED) is 0.161. The van der Waals surface area contributed by atoms with Crippen LogP contribution in [-0.4, -0.2) is 33.6 Å². The second-order valence-electron chi connectivity index (χ2n) is 8.32. The molecule has 37 heavy (non-hydrogen) atoms. The van der Waals surface area contributed by atoms with Crippen molar-refractivity contribution in [2.75, 3.05) is 7.11 Å². The number of aromatic nitrogens is 3. The number of hydrogen-bond acceptors (Lipinski definition) is 7. The van der Waals surface area contributed by atoms with Crippen molar-refractivity contribution >= 4 is 23.3 Å². The number of hydrazone groups is 1. The minimum atomic E-state index is 0.456. The van der Waals surface area contributed by atoms with Crippen LogP contribution in [-0.2, 0) is 6.54 Å². The van der Waals surface area contributed by atoms with Crippen molar-refractivity contribution in [1.82, 2.24) is 14.5 Å². The number of hydrogen-bond donors (Lipinski definition) is 1. The van der Waals surface area contributed by atoms with Crippen LogP contribution in [0.25, 0.3) is 27.5 Å². The minimum Gasteiger partial charge on any atom is -0.495 e. The molecule has 5 rings (SSSR count). The van der Waals surface area contributed by atoms with Crippen molar-refractivity contribution in [3.8, 4) is 33.3 Å². The van der Waals surface area contributed by atoms with Crippen LogP contribution in [0.5, 0.6) is 5.75 Å². The van der Waals surface area contributed by atoms with Gasteiger partial charge in [0.1, 0.15) is 16.5 Å². The molecular weight excluding hydrogens is 480 g/mol. The van der Waals surface area contributed by atoms with Gasteiger partial charge in [-0.15, -0.1) is 11.3 Å². The van der Waals surface area contributed by atoms with E-state index in [1.54, 1.807) is 31.0 Å². The molecule has 0 spiro atoms. The third-order valence-electron chi connectivity index (χ3n) is 5.82. The van der Waals surface area contributed by atoms with Gasteiger partial charge in [-0.1, -0.05) is 66.7 Å². The standard InChI is InChI=1S/C29H26N6OS/c1-20-18-35(19-32-20)25-14-13-23(15-26(25)36-2)24(34-30)16-31-17-27-28(21-9-5-3-6-10-21)33-29(37-27)22-11-7-4-8-12-22/h3-16,18-19H,17,30H2,1-2H3/b31-16?,34-24+. The van der Waals surface area contributed by atoms with Crippen LogP contribution in [0.1, 0.15) is 16.1 Å². The number of methoxy groups -OCH3 is 1. The van der Waals surface area contributed by atoms with Crippen molar-refractivity contribution in [2.24, 2.45) is 15.9 Å². The maximum absolute atomic E-state index is 5.76. The van der Waals surface area contributed by atoms with E-state index in [0.29, 0.717) is 18.0 Å². The molecule has 7 nitrogen and oxygen atoms in total. The molecule has 2 N–H and O–H groups in total. The zero-order valence-electron chi connectivity index (χ0n) is 20.6. The van der Waals surface area contributed by atoms with Crippen molar-refractivity contribution in [1.29, 1.82) is 0 Å². The van der Waals surface area contributed by atoms with Gasteiger partial charge in [-0.2, -0.15) is 5.10 Å². The molecule has 0 aliphatic heterocycles. The Morgan fingerprint density at radius 2 is 1.76 bits per heavy atom. The molecule has 0 bridgehead atoms. The molecule has 0 aliphatic rings. The molecule has 8 heteroatoms. The van der Waals surface area contributed by atoms with Gasteiger partial charge in [-0.3, -0.25) is 4.99 Å². The Hall–Kier alpha value is -4.56. The summed E-state index contributed by atoms with van der Waals surface area (Å²) in [6.07, 6.45) is 5.40. The number of aliphatic imine (C=N–C) groups is 1. The largest absolute Gasteiger partial charge is 0.495 e. The number of imidazole rings is 1. The Kier molecular flexibility index (Phi) is 7.19. The maximum atomic E-state index is 5.76. The molecule has 3 aromatic carbocycles. The van der Waals surface area contributed by atoms with E-state index in [9.17, 15) is 0 Å². The summed E-state index contributed by atoms with van der Waals surface area (Å²) in [6.45, 7) is 2.40. The highest BCUT2D eigenvalue weighted by Gasteiger charge is 2.14. The number of ether oxygens (including phenoxy) is 1. The van der Waals surface area contributed by atoms with E-state index in [-0.39, 0.29) is 0 Å². The van der Waals surface area contributed by atoms with Crippen LogP contribution in [0.3, 0.4) is 0 Å². The molecule has 0 saturated heterocycles. The van der Waals surface area contributed by atoms with E-state index >= 15 is 0 Å². The van der Waals surface area contributed by atoms with Gasteiger partial charge in [0.25, 0.3) is 0 Å². The molecule has 0 amide bonds. The number of rotatable bonds is 8. The fourth-order valence-corrected chi connectivity index (χ4v) is 5.01. The van der Waals surface area contributed by atoms with Gasteiger partial charge in [-0.25, -0.2) is 9.97 Å². The first-order valence-corrected chi connectivity index (χ1v) is 12.6. The number of benzene rings is 3. The molecule has 0 fully saturated rings. The number of thiazole rings is 1. The Bertz CT molecular complexity index is 1550. The van der Waals surface area contributed by atoms with Gasteiger partial charge >= 0.3 is 0 Å². The molecule has 184 valence electrons. The normalized spacial score (nSPS) is 11.8. The Morgan fingerprint density at radius 1 is 1.03 bits per heavy atom. The van der Waals surface area contributed by atoms with Gasteiger partial charge in [0, 0.05) is 29.1 Å². The van der Waals surface area contributed by atoms with Crippen LogP contribution in [0.15, 0.2) is 101 Å². The van der Waals surface area contributed by atoms with Gasteiger partial charge in [0.2, 0.25) is 0 Å². The van der Waals surface area contributed by atoms with E-state index < -0.39 is 0 Å². The third-order valence-corrected chi connectivity index (χ3v) is 6.91. The maximum Gasteiger partial charge on any atom is 0.143 e. The van der Waals surface area contributed by atoms with E-state index in [2.05, 4.69) is 34.4 Å². The average molecular weight is 507 g/mol. The lowest BCUT2D eigenvalue weighted by Gasteiger charge is -2.11. The SMILES string of the molecule is COc1cc(/C(C=NCc2sc(-c3ccccc3)nc2-c2ccccc2)=N/N)ccc1-n1cnc(C)c1. The summed E-state index contributed by atoms with van der Waals surface area (Å²) in [5.41, 5.74) is 6.26. The van der Waals surface area contributed by atoms with Crippen LogP contribution in [0.4, 0.5) is 0 Å². The summed E-state index contributed by atoms with van der Waals surface area (Å²) in [6, 6.07) is 26.2. The van der Waals surface area contributed by atoms with Crippen LogP contribution < -0.4 is 10.6 Å². The smallest absolute Gasteiger partial charge is 0.143 e. The molecule has 0 aliphatic carbocycles. The number of aryl methyl sites for hydroxylation is 1. The molecule has 0 unspecified atom stereocenters. The second kappa shape index (κ2) is 11.0. The monoisotopic (exact) mass is 506 g/mol. The lowest BCUT2D eigenvalue weighted by atomic mass is 10.1. The van der Waals surface area contributed by atoms with Crippen LogP contribution >= 0.6 is 11.3 Å². The Balaban J connectivity index is 1.42. The highest BCUT2D eigenvalue weighted by molar-refractivity contribution is 7.15. The highest BCUT2D eigenvalue weighted by Crippen LogP contribution is 2.34. The first-order chi connectivity index (χ1) is 18.2.